The van der Waals surface area contributed by atoms with E-state index in [1.165, 1.54) is 22.3 Å². The van der Waals surface area contributed by atoms with Gasteiger partial charge in [-0.15, -0.1) is 0 Å². The SMILES string of the molecule is c1cc[n+](C2c3ccccc3[CH+]c3ccccc32)cc1. The molecule has 0 fully saturated rings. The molecule has 0 saturated heterocycles. The Morgan fingerprint density at radius 1 is 0.650 bits per heavy atom. The van der Waals surface area contributed by atoms with Crippen molar-refractivity contribution in [2.45, 2.75) is 6.04 Å². The van der Waals surface area contributed by atoms with Gasteiger partial charge in [0.1, 0.15) is 11.1 Å². The Morgan fingerprint density at radius 3 is 1.80 bits per heavy atom. The summed E-state index contributed by atoms with van der Waals surface area (Å²) in [6, 6.07) is 23.8. The molecule has 0 amide bonds. The van der Waals surface area contributed by atoms with Crippen molar-refractivity contribution in [3.05, 3.63) is 108 Å². The molecule has 1 aliphatic carbocycles. The summed E-state index contributed by atoms with van der Waals surface area (Å²) in [6.07, 6.45) is 6.57. The van der Waals surface area contributed by atoms with Crippen molar-refractivity contribution in [3.63, 3.8) is 0 Å². The topological polar surface area (TPSA) is 3.88 Å². The van der Waals surface area contributed by atoms with E-state index < -0.39 is 0 Å². The molecule has 0 spiro atoms. The zero-order valence-electron chi connectivity index (χ0n) is 11.1. The van der Waals surface area contributed by atoms with Gasteiger partial charge in [-0.25, -0.2) is 0 Å². The molecule has 1 heterocycles. The van der Waals surface area contributed by atoms with Crippen LogP contribution in [0.25, 0.3) is 0 Å². The number of rotatable bonds is 1. The van der Waals surface area contributed by atoms with Crippen molar-refractivity contribution in [2.75, 3.05) is 0 Å². The number of nitrogens with zero attached hydrogens (tertiary/aromatic N) is 1. The fourth-order valence-electron chi connectivity index (χ4n) is 3.02. The molecule has 0 saturated carbocycles. The number of benzene rings is 2. The lowest BCUT2D eigenvalue weighted by Crippen LogP contribution is -2.42. The molecule has 0 radical (unpaired) electrons. The first-order valence-electron chi connectivity index (χ1n) is 6.92. The van der Waals surface area contributed by atoms with Gasteiger partial charge in [-0.1, -0.05) is 6.07 Å². The van der Waals surface area contributed by atoms with Gasteiger partial charge in [0, 0.05) is 30.7 Å². The summed E-state index contributed by atoms with van der Waals surface area (Å²) < 4.78 is 2.28. The molecule has 1 heteroatoms. The van der Waals surface area contributed by atoms with E-state index in [0.29, 0.717) is 0 Å². The first-order valence-corrected chi connectivity index (χ1v) is 6.92. The van der Waals surface area contributed by atoms with Gasteiger partial charge in [-0.2, -0.15) is 4.57 Å². The van der Waals surface area contributed by atoms with Crippen LogP contribution in [0.1, 0.15) is 28.3 Å². The average molecular weight is 257 g/mol. The summed E-state index contributed by atoms with van der Waals surface area (Å²) in [4.78, 5) is 0. The Balaban J connectivity index is 1.98. The Hall–Kier alpha value is -2.54. The van der Waals surface area contributed by atoms with E-state index in [0.717, 1.165) is 0 Å². The van der Waals surface area contributed by atoms with E-state index in [-0.39, 0.29) is 6.04 Å². The number of hydrogen-bond acceptors (Lipinski definition) is 0. The van der Waals surface area contributed by atoms with E-state index in [1.807, 2.05) is 0 Å². The molecule has 94 valence electrons. The average Bonchev–Trinajstić information content (AvgIpc) is 2.53. The van der Waals surface area contributed by atoms with E-state index in [1.54, 1.807) is 0 Å². The van der Waals surface area contributed by atoms with Gasteiger partial charge in [-0.05, 0) is 36.4 Å². The molecular weight excluding hydrogens is 242 g/mol. The number of aromatic nitrogens is 1. The van der Waals surface area contributed by atoms with Gasteiger partial charge < -0.3 is 0 Å². The number of fused-ring (bicyclic) bond motifs is 2. The summed E-state index contributed by atoms with van der Waals surface area (Å²) in [5.74, 6) is 0. The summed E-state index contributed by atoms with van der Waals surface area (Å²) in [5, 5.41) is 0. The van der Waals surface area contributed by atoms with E-state index in [2.05, 4.69) is 90.1 Å². The molecule has 0 N–H and O–H groups in total. The first-order chi connectivity index (χ1) is 9.93. The monoisotopic (exact) mass is 257 g/mol. The molecule has 4 rings (SSSR count). The maximum atomic E-state index is 2.28. The third kappa shape index (κ3) is 1.71. The maximum absolute atomic E-state index is 2.28. The fraction of sp³-hybridized carbons (Fsp3) is 0.0526. The lowest BCUT2D eigenvalue weighted by molar-refractivity contribution is -0.705. The normalized spacial score (nSPS) is 13.2. The van der Waals surface area contributed by atoms with Gasteiger partial charge in [-0.3, -0.25) is 0 Å². The maximum Gasteiger partial charge on any atom is 0.260 e. The van der Waals surface area contributed by atoms with Crippen LogP contribution in [0, 0.1) is 6.42 Å². The van der Waals surface area contributed by atoms with E-state index in [4.69, 9.17) is 0 Å². The van der Waals surface area contributed by atoms with Crippen LogP contribution in [0.3, 0.4) is 0 Å². The number of pyridine rings is 1. The second kappa shape index (κ2) is 4.53. The highest BCUT2D eigenvalue weighted by molar-refractivity contribution is 5.54. The lowest BCUT2D eigenvalue weighted by Gasteiger charge is -2.18. The van der Waals surface area contributed by atoms with Gasteiger partial charge in [0.2, 0.25) is 0 Å². The van der Waals surface area contributed by atoms with Crippen LogP contribution < -0.4 is 4.57 Å². The zero-order chi connectivity index (χ0) is 13.4. The molecule has 1 aliphatic rings. The van der Waals surface area contributed by atoms with E-state index in [9.17, 15) is 0 Å². The Kier molecular flexibility index (Phi) is 2.56. The van der Waals surface area contributed by atoms with Gasteiger partial charge in [0.15, 0.2) is 12.4 Å². The standard InChI is InChI=1S/C19H15N/c1-6-12-20(13-7-1)19-17-10-4-2-8-15(17)14-16-9-3-5-11-18(16)19/h1-14,19H/q+2. The van der Waals surface area contributed by atoms with Crippen molar-refractivity contribution < 1.29 is 4.57 Å². The van der Waals surface area contributed by atoms with Crippen LogP contribution in [0.4, 0.5) is 0 Å². The van der Waals surface area contributed by atoms with Crippen molar-refractivity contribution in [2.24, 2.45) is 0 Å². The van der Waals surface area contributed by atoms with Crippen molar-refractivity contribution in [1.82, 2.24) is 0 Å². The summed E-state index contributed by atoms with van der Waals surface area (Å²) in [5.41, 5.74) is 5.35. The van der Waals surface area contributed by atoms with Crippen LogP contribution >= 0.6 is 0 Å². The Labute approximate surface area is 119 Å². The number of hydrogen-bond donors (Lipinski definition) is 0. The van der Waals surface area contributed by atoms with Crippen LogP contribution in [0.2, 0.25) is 0 Å². The fourth-order valence-corrected chi connectivity index (χ4v) is 3.02. The van der Waals surface area contributed by atoms with Gasteiger partial charge >= 0.3 is 0 Å². The Morgan fingerprint density at radius 2 is 1.20 bits per heavy atom. The van der Waals surface area contributed by atoms with Crippen LogP contribution in [-0.4, -0.2) is 0 Å². The van der Waals surface area contributed by atoms with Crippen molar-refractivity contribution in [3.8, 4) is 0 Å². The third-order valence-corrected chi connectivity index (χ3v) is 3.93. The molecule has 0 bridgehead atoms. The largest absolute Gasteiger partial charge is 0.260 e. The lowest BCUT2D eigenvalue weighted by atomic mass is 9.82. The molecule has 2 aromatic carbocycles. The highest BCUT2D eigenvalue weighted by atomic mass is 15.0. The van der Waals surface area contributed by atoms with Gasteiger partial charge in [0.05, 0.1) is 11.1 Å². The molecule has 1 aromatic heterocycles. The highest BCUT2D eigenvalue weighted by Gasteiger charge is 2.37. The smallest absolute Gasteiger partial charge is 0.180 e. The van der Waals surface area contributed by atoms with Crippen LogP contribution in [0.15, 0.2) is 79.1 Å². The zero-order valence-corrected chi connectivity index (χ0v) is 11.1. The quantitative estimate of drug-likeness (QED) is 0.363. The van der Waals surface area contributed by atoms with E-state index >= 15 is 0 Å². The van der Waals surface area contributed by atoms with Gasteiger partial charge in [0.25, 0.3) is 6.04 Å². The molecule has 0 aliphatic heterocycles. The minimum absolute atomic E-state index is 0.258. The van der Waals surface area contributed by atoms with Crippen molar-refractivity contribution >= 4 is 0 Å². The van der Waals surface area contributed by atoms with Crippen LogP contribution in [0.5, 0.6) is 0 Å². The molecule has 3 aromatic rings. The molecule has 1 nitrogen and oxygen atoms in total. The highest BCUT2D eigenvalue weighted by Crippen LogP contribution is 2.35. The molecule has 0 unspecified atom stereocenters. The minimum Gasteiger partial charge on any atom is -0.180 e. The molecule has 20 heavy (non-hydrogen) atoms. The summed E-state index contributed by atoms with van der Waals surface area (Å²) in [7, 11) is 0. The summed E-state index contributed by atoms with van der Waals surface area (Å²) in [6.45, 7) is 0. The first kappa shape index (κ1) is 11.3. The predicted molar refractivity (Wildman–Crippen MR) is 79.3 cm³/mol. The Bertz CT molecular complexity index is 701. The molecular formula is C19H15N+2. The summed E-state index contributed by atoms with van der Waals surface area (Å²) >= 11 is 0. The third-order valence-electron chi connectivity index (χ3n) is 3.93. The van der Waals surface area contributed by atoms with Crippen LogP contribution in [-0.2, 0) is 0 Å². The minimum atomic E-state index is 0.258. The second-order valence-electron chi connectivity index (χ2n) is 5.13. The second-order valence-corrected chi connectivity index (χ2v) is 5.13. The predicted octanol–water partition coefficient (Wildman–Crippen LogP) is 3.53. The van der Waals surface area contributed by atoms with Crippen molar-refractivity contribution in [1.29, 1.82) is 0 Å². The molecule has 0 atom stereocenters.